The summed E-state index contributed by atoms with van der Waals surface area (Å²) >= 11 is 0. The summed E-state index contributed by atoms with van der Waals surface area (Å²) in [5, 5.41) is 6.77. The molecule has 6 rings (SSSR count). The van der Waals surface area contributed by atoms with Gasteiger partial charge in [0.05, 0.1) is 43.8 Å². The maximum Gasteiger partial charge on any atom is 0.414 e. The number of rotatable bonds is 6. The van der Waals surface area contributed by atoms with Gasteiger partial charge in [-0.3, -0.25) is 9.88 Å². The lowest BCUT2D eigenvalue weighted by molar-refractivity contribution is 0.147. The second kappa shape index (κ2) is 7.81. The molecule has 2 saturated heterocycles. The van der Waals surface area contributed by atoms with Gasteiger partial charge in [0.2, 0.25) is 0 Å². The molecule has 10 heteroatoms. The summed E-state index contributed by atoms with van der Waals surface area (Å²) in [5.41, 5.74) is 1.50. The molecule has 34 heavy (non-hydrogen) atoms. The Morgan fingerprint density at radius 1 is 1.24 bits per heavy atom. The molecule has 1 aliphatic carbocycles. The second-order valence-corrected chi connectivity index (χ2v) is 8.67. The number of cyclic esters (lactones) is 1. The van der Waals surface area contributed by atoms with Gasteiger partial charge in [0, 0.05) is 23.4 Å². The van der Waals surface area contributed by atoms with Gasteiger partial charge >= 0.3 is 6.09 Å². The molecule has 0 spiro atoms. The molecular weight excluding hydrogens is 441 g/mol. The summed E-state index contributed by atoms with van der Waals surface area (Å²) in [7, 11) is 0. The summed E-state index contributed by atoms with van der Waals surface area (Å²) in [6.45, 7) is 9.48. The fourth-order valence-corrected chi connectivity index (χ4v) is 4.99. The maximum atomic E-state index is 15.0. The van der Waals surface area contributed by atoms with Gasteiger partial charge in [-0.2, -0.15) is 0 Å². The lowest BCUT2D eigenvalue weighted by Crippen LogP contribution is -2.27. The average Bonchev–Trinajstić information content (AvgIpc) is 3.38. The number of pyridine rings is 1. The highest BCUT2D eigenvalue weighted by Crippen LogP contribution is 2.63. The molecule has 2 aliphatic heterocycles. The Balaban J connectivity index is 1.16. The fraction of sp³-hybridized carbons (Fsp3) is 0.333. The van der Waals surface area contributed by atoms with Crippen molar-refractivity contribution >= 4 is 17.6 Å². The molecular formula is C24H20FN5O4. The zero-order valence-corrected chi connectivity index (χ0v) is 18.0. The van der Waals surface area contributed by atoms with Crippen molar-refractivity contribution in [1.82, 2.24) is 10.1 Å². The third kappa shape index (κ3) is 3.20. The number of nitrogens with one attached hydrogen (secondary N) is 1. The minimum atomic E-state index is -0.603. The van der Waals surface area contributed by atoms with E-state index in [4.69, 9.17) is 20.6 Å². The van der Waals surface area contributed by atoms with Crippen LogP contribution in [0.1, 0.15) is 5.69 Å². The molecule has 1 N–H and O–H groups in total. The van der Waals surface area contributed by atoms with E-state index in [1.54, 1.807) is 30.5 Å². The van der Waals surface area contributed by atoms with E-state index in [0.29, 0.717) is 48.1 Å². The van der Waals surface area contributed by atoms with Crippen molar-refractivity contribution in [2.75, 3.05) is 36.5 Å². The number of carbonyl (C=O) groups excluding carboxylic acids is 1. The topological polar surface area (TPSA) is 94.1 Å². The van der Waals surface area contributed by atoms with Crippen LogP contribution in [0.4, 0.5) is 20.7 Å². The molecule has 0 radical (unpaired) electrons. The number of aromatic nitrogens is 2. The third-order valence-electron chi connectivity index (χ3n) is 6.86. The standard InChI is InChI=1S/C24H20FN5O4/c1-26-24(18-12-32-13-19(18)24)21-5-2-14(9-27-21)17-4-3-15(8-20(17)25)30-11-16(34-23(30)31)10-28-22-6-7-33-29-22/h2-9,16,18-19H,10-13H2,(H,28,29)/t16-,18-,19+,24?/m0/s1. The Hall–Kier alpha value is -3.97. The first kappa shape index (κ1) is 20.6. The zero-order valence-electron chi connectivity index (χ0n) is 18.0. The normalized spacial score (nSPS) is 27.2. The van der Waals surface area contributed by atoms with Gasteiger partial charge in [-0.15, -0.1) is 0 Å². The molecule has 1 amide bonds. The largest absolute Gasteiger partial charge is 0.442 e. The fourth-order valence-electron chi connectivity index (χ4n) is 4.99. The molecule has 3 fully saturated rings. The van der Waals surface area contributed by atoms with Crippen molar-refractivity contribution in [2.45, 2.75) is 11.6 Å². The van der Waals surface area contributed by atoms with E-state index in [0.717, 1.165) is 0 Å². The number of benzene rings is 1. The number of fused-ring (bicyclic) bond motifs is 1. The number of anilines is 2. The van der Waals surface area contributed by atoms with Gasteiger partial charge < -0.3 is 24.2 Å². The first-order valence-electron chi connectivity index (χ1n) is 11.0. The van der Waals surface area contributed by atoms with E-state index in [9.17, 15) is 4.79 Å². The minimum absolute atomic E-state index is 0.189. The van der Waals surface area contributed by atoms with Gasteiger partial charge in [-0.05, 0) is 24.3 Å². The predicted molar refractivity (Wildman–Crippen MR) is 118 cm³/mol. The van der Waals surface area contributed by atoms with Crippen molar-refractivity contribution in [1.29, 1.82) is 0 Å². The van der Waals surface area contributed by atoms with Crippen molar-refractivity contribution in [3.05, 3.63) is 71.8 Å². The van der Waals surface area contributed by atoms with E-state index < -0.39 is 23.6 Å². The molecule has 0 bridgehead atoms. The number of nitrogens with zero attached hydrogens (tertiary/aromatic N) is 4. The zero-order chi connectivity index (χ0) is 23.3. The highest BCUT2D eigenvalue weighted by Gasteiger charge is 2.77. The smallest absolute Gasteiger partial charge is 0.414 e. The number of amides is 1. The van der Waals surface area contributed by atoms with E-state index in [1.165, 1.54) is 17.2 Å². The van der Waals surface area contributed by atoms with Crippen LogP contribution >= 0.6 is 0 Å². The molecule has 3 aromatic rings. The van der Waals surface area contributed by atoms with Crippen molar-refractivity contribution in [2.24, 2.45) is 11.8 Å². The van der Waals surface area contributed by atoms with Crippen LogP contribution in [0.2, 0.25) is 0 Å². The Morgan fingerprint density at radius 2 is 2.09 bits per heavy atom. The van der Waals surface area contributed by atoms with Crippen molar-refractivity contribution in [3.63, 3.8) is 0 Å². The van der Waals surface area contributed by atoms with Crippen LogP contribution < -0.4 is 10.2 Å². The average molecular weight is 461 g/mol. The first-order valence-corrected chi connectivity index (χ1v) is 11.0. The Bertz CT molecular complexity index is 1260. The number of ether oxygens (including phenoxy) is 2. The Morgan fingerprint density at radius 3 is 2.76 bits per heavy atom. The number of halogens is 1. The SMILES string of the molecule is [C-]#[N+]C1(c2ccc(-c3ccc(N4C[C@H](CNc5ccon5)OC4=O)cc3F)cn2)[C@@H]2COC[C@@H]21. The monoisotopic (exact) mass is 461 g/mol. The maximum absolute atomic E-state index is 15.0. The van der Waals surface area contributed by atoms with Crippen molar-refractivity contribution < 1.29 is 23.2 Å². The first-order chi connectivity index (χ1) is 16.6. The van der Waals surface area contributed by atoms with Gasteiger partial charge in [0.25, 0.3) is 5.54 Å². The minimum Gasteiger partial charge on any atom is -0.442 e. The molecule has 3 aliphatic rings. The van der Waals surface area contributed by atoms with E-state index in [1.807, 2.05) is 6.07 Å². The van der Waals surface area contributed by atoms with Crippen LogP contribution in [0.3, 0.4) is 0 Å². The Kier molecular flexibility index (Phi) is 4.74. The molecule has 9 nitrogen and oxygen atoms in total. The molecule has 172 valence electrons. The summed E-state index contributed by atoms with van der Waals surface area (Å²) in [5.74, 6) is 0.454. The van der Waals surface area contributed by atoms with Gasteiger partial charge in [-0.1, -0.05) is 11.2 Å². The van der Waals surface area contributed by atoms with Gasteiger partial charge in [-0.25, -0.2) is 15.8 Å². The lowest BCUT2D eigenvalue weighted by atomic mass is 10.0. The quantitative estimate of drug-likeness (QED) is 0.560. The molecule has 4 atom stereocenters. The summed E-state index contributed by atoms with van der Waals surface area (Å²) < 4.78 is 30.6. The summed E-state index contributed by atoms with van der Waals surface area (Å²) in [4.78, 5) is 22.1. The van der Waals surface area contributed by atoms with E-state index in [-0.39, 0.29) is 18.4 Å². The highest BCUT2D eigenvalue weighted by atomic mass is 19.1. The van der Waals surface area contributed by atoms with Gasteiger partial charge in [0.15, 0.2) is 5.82 Å². The molecule has 1 aromatic carbocycles. The van der Waals surface area contributed by atoms with Crippen molar-refractivity contribution in [3.8, 4) is 11.1 Å². The van der Waals surface area contributed by atoms with Gasteiger partial charge in [0.1, 0.15) is 23.9 Å². The van der Waals surface area contributed by atoms with E-state index >= 15 is 4.39 Å². The predicted octanol–water partition coefficient (Wildman–Crippen LogP) is 3.70. The second-order valence-electron chi connectivity index (χ2n) is 8.67. The van der Waals surface area contributed by atoms with Crippen LogP contribution in [0.15, 0.2) is 53.4 Å². The van der Waals surface area contributed by atoms with Crippen LogP contribution in [-0.2, 0) is 15.0 Å². The highest BCUT2D eigenvalue weighted by molar-refractivity contribution is 5.90. The molecule has 4 heterocycles. The van der Waals surface area contributed by atoms with Crippen LogP contribution in [0, 0.1) is 24.2 Å². The Labute approximate surface area is 194 Å². The number of hydrogen-bond acceptors (Lipinski definition) is 7. The van der Waals surface area contributed by atoms with Crippen LogP contribution in [0.5, 0.6) is 0 Å². The summed E-state index contributed by atoms with van der Waals surface area (Å²) in [6.07, 6.45) is 2.10. The molecule has 2 aromatic heterocycles. The number of hydrogen-bond donors (Lipinski definition) is 1. The van der Waals surface area contributed by atoms with Crippen LogP contribution in [0.25, 0.3) is 16.0 Å². The molecule has 1 saturated carbocycles. The molecule has 1 unspecified atom stereocenters. The summed E-state index contributed by atoms with van der Waals surface area (Å²) in [6, 6.07) is 9.89. The van der Waals surface area contributed by atoms with Crippen LogP contribution in [-0.4, -0.2) is 48.6 Å². The number of carbonyl (C=O) groups is 1. The third-order valence-corrected chi connectivity index (χ3v) is 6.86. The van der Waals surface area contributed by atoms with E-state index in [2.05, 4.69) is 20.3 Å². The lowest BCUT2D eigenvalue weighted by Gasteiger charge is -2.15.